The summed E-state index contributed by atoms with van der Waals surface area (Å²) in [5.41, 5.74) is 21.5. The Morgan fingerprint density at radius 2 is 0.866 bits per heavy atom. The monoisotopic (exact) mass is 852 g/mol. The molecule has 0 radical (unpaired) electrons. The molecule has 13 aromatic rings. The van der Waals surface area contributed by atoms with Crippen LogP contribution in [0.2, 0.25) is 0 Å². The first-order valence-electron chi connectivity index (χ1n) is 22.9. The minimum atomic E-state index is -0.429. The van der Waals surface area contributed by atoms with Crippen LogP contribution in [0.5, 0.6) is 0 Å². The molecule has 4 nitrogen and oxygen atoms in total. The van der Waals surface area contributed by atoms with E-state index in [2.05, 4.69) is 182 Å². The van der Waals surface area contributed by atoms with E-state index in [4.69, 9.17) is 18.8 Å². The molecule has 2 aliphatic rings. The maximum Gasteiger partial charge on any atom is 0.161 e. The minimum absolute atomic E-state index is 0.429. The molecule has 67 heavy (non-hydrogen) atoms. The van der Waals surface area contributed by atoms with Crippen LogP contribution in [-0.4, -0.2) is 9.97 Å². The second-order valence-electron chi connectivity index (χ2n) is 17.9. The van der Waals surface area contributed by atoms with Crippen LogP contribution in [0.1, 0.15) is 22.3 Å². The van der Waals surface area contributed by atoms with Gasteiger partial charge in [0.1, 0.15) is 22.3 Å². The fourth-order valence-corrected chi connectivity index (χ4v) is 11.8. The molecule has 3 aromatic heterocycles. The smallest absolute Gasteiger partial charge is 0.161 e. The highest BCUT2D eigenvalue weighted by atomic mass is 16.3. The Labute approximate surface area is 385 Å². The molecule has 0 aliphatic heterocycles. The summed E-state index contributed by atoms with van der Waals surface area (Å²) in [5, 5.41) is 5.26. The summed E-state index contributed by atoms with van der Waals surface area (Å²) >= 11 is 0. The maximum absolute atomic E-state index is 6.48. The number of fused-ring (bicyclic) bond motifs is 17. The zero-order valence-corrected chi connectivity index (χ0v) is 36.0. The third kappa shape index (κ3) is 4.96. The van der Waals surface area contributed by atoms with Crippen molar-refractivity contribution in [3.8, 4) is 67.2 Å². The molecule has 1 spiro atoms. The van der Waals surface area contributed by atoms with Gasteiger partial charge in [-0.05, 0) is 91.5 Å². The zero-order chi connectivity index (χ0) is 43.8. The average molecular weight is 853 g/mol. The van der Waals surface area contributed by atoms with Gasteiger partial charge in [0.2, 0.25) is 0 Å². The van der Waals surface area contributed by atoms with Gasteiger partial charge in [0, 0.05) is 43.6 Å². The van der Waals surface area contributed by atoms with Crippen molar-refractivity contribution in [3.63, 3.8) is 0 Å². The highest BCUT2D eigenvalue weighted by Crippen LogP contribution is 2.64. The Morgan fingerprint density at radius 1 is 0.328 bits per heavy atom. The van der Waals surface area contributed by atoms with Crippen LogP contribution in [0.3, 0.4) is 0 Å². The molecule has 2 aliphatic carbocycles. The summed E-state index contributed by atoms with van der Waals surface area (Å²) in [7, 11) is 0. The lowest BCUT2D eigenvalue weighted by molar-refractivity contribution is 0.669. The normalized spacial score (nSPS) is 13.2. The van der Waals surface area contributed by atoms with Crippen molar-refractivity contribution in [2.24, 2.45) is 0 Å². The topological polar surface area (TPSA) is 52.1 Å². The Hall–Kier alpha value is -8.86. The summed E-state index contributed by atoms with van der Waals surface area (Å²) in [4.78, 5) is 10.9. The first-order chi connectivity index (χ1) is 33.2. The third-order valence-electron chi connectivity index (χ3n) is 14.5. The number of nitrogens with zero attached hydrogens (tertiary/aromatic N) is 2. The first kappa shape index (κ1) is 36.5. The molecule has 0 N–H and O–H groups in total. The Balaban J connectivity index is 0.951. The lowest BCUT2D eigenvalue weighted by atomic mass is 9.70. The molecule has 4 heteroatoms. The van der Waals surface area contributed by atoms with E-state index in [1.807, 2.05) is 36.4 Å². The first-order valence-corrected chi connectivity index (χ1v) is 22.9. The fraction of sp³-hybridized carbons (Fsp3) is 0.0159. The number of benzene rings is 10. The molecule has 15 rings (SSSR count). The molecular weight excluding hydrogens is 817 g/mol. The van der Waals surface area contributed by atoms with Crippen LogP contribution in [0, 0.1) is 0 Å². The number of aromatic nitrogens is 2. The van der Waals surface area contributed by atoms with Crippen LogP contribution in [-0.2, 0) is 5.41 Å². The quantitative estimate of drug-likeness (QED) is 0.177. The minimum Gasteiger partial charge on any atom is -0.456 e. The van der Waals surface area contributed by atoms with E-state index < -0.39 is 5.41 Å². The number of hydrogen-bond donors (Lipinski definition) is 0. The van der Waals surface area contributed by atoms with Crippen molar-refractivity contribution >= 4 is 54.8 Å². The molecule has 0 saturated carbocycles. The standard InChI is InChI=1S/C63H36N2O2/c1-6-23-50-42(14-1)43-15-2-7-24-51(43)63(50)52-25-8-3-17-46(52)58-40(19-12-26-53(58)63)39-34-35-54-49(36-39)60(65-62(64-54)48-22-13-29-57-59(48)47-18-5-10-28-56(47)66-57)38-32-30-37(31-33-38)41-20-11-21-45-44-16-4-9-27-55(44)67-61(41)45/h1-36H. The van der Waals surface area contributed by atoms with E-state index in [1.165, 1.54) is 50.1 Å². The predicted octanol–water partition coefficient (Wildman–Crippen LogP) is 16.4. The van der Waals surface area contributed by atoms with Crippen molar-refractivity contribution < 1.29 is 8.83 Å². The van der Waals surface area contributed by atoms with Crippen molar-refractivity contribution in [2.45, 2.75) is 5.41 Å². The van der Waals surface area contributed by atoms with Crippen LogP contribution in [0.4, 0.5) is 0 Å². The summed E-state index contributed by atoms with van der Waals surface area (Å²) < 4.78 is 12.8. The third-order valence-corrected chi connectivity index (χ3v) is 14.5. The average Bonchev–Trinajstić information content (AvgIpc) is 4.14. The van der Waals surface area contributed by atoms with Crippen LogP contribution in [0.25, 0.3) is 122 Å². The van der Waals surface area contributed by atoms with Crippen LogP contribution in [0.15, 0.2) is 227 Å². The van der Waals surface area contributed by atoms with E-state index in [0.717, 1.165) is 88.3 Å². The van der Waals surface area contributed by atoms with Gasteiger partial charge in [-0.3, -0.25) is 0 Å². The van der Waals surface area contributed by atoms with Gasteiger partial charge in [0.25, 0.3) is 0 Å². The molecule has 3 heterocycles. The van der Waals surface area contributed by atoms with Crippen molar-refractivity contribution in [2.75, 3.05) is 0 Å². The van der Waals surface area contributed by atoms with Crippen LogP contribution >= 0.6 is 0 Å². The second kappa shape index (κ2) is 13.6. The van der Waals surface area contributed by atoms with Gasteiger partial charge in [-0.2, -0.15) is 0 Å². The number of rotatable bonds is 4. The molecule has 0 unspecified atom stereocenters. The molecule has 0 bridgehead atoms. The van der Waals surface area contributed by atoms with E-state index >= 15 is 0 Å². The Bertz CT molecular complexity index is 4180. The molecule has 10 aromatic carbocycles. The summed E-state index contributed by atoms with van der Waals surface area (Å²) in [5.74, 6) is 0.651. The van der Waals surface area contributed by atoms with Gasteiger partial charge in [0.15, 0.2) is 5.82 Å². The molecule has 0 saturated heterocycles. The van der Waals surface area contributed by atoms with Crippen molar-refractivity contribution in [1.82, 2.24) is 9.97 Å². The molecule has 0 atom stereocenters. The Morgan fingerprint density at radius 3 is 1.66 bits per heavy atom. The van der Waals surface area contributed by atoms with Crippen molar-refractivity contribution in [3.05, 3.63) is 241 Å². The lowest BCUT2D eigenvalue weighted by Crippen LogP contribution is -2.25. The van der Waals surface area contributed by atoms with Gasteiger partial charge in [-0.1, -0.05) is 188 Å². The molecule has 0 fully saturated rings. The SMILES string of the molecule is c1ccc2c(c1)-c1ccccc1C21c2ccccc2-c2c(-c3ccc4nc(-c5cccc6oc7ccccc7c56)nc(-c5ccc(-c6cccc7c6oc6ccccc67)cc5)c4c3)cccc21. The Kier molecular flexibility index (Phi) is 7.40. The molecule has 310 valence electrons. The van der Waals surface area contributed by atoms with Crippen LogP contribution < -0.4 is 0 Å². The van der Waals surface area contributed by atoms with E-state index in [9.17, 15) is 0 Å². The zero-order valence-electron chi connectivity index (χ0n) is 36.0. The fourth-order valence-electron chi connectivity index (χ4n) is 11.8. The maximum atomic E-state index is 6.48. The van der Waals surface area contributed by atoms with Gasteiger partial charge in [-0.15, -0.1) is 0 Å². The summed E-state index contributed by atoms with van der Waals surface area (Å²) in [6, 6.07) is 78.4. The largest absolute Gasteiger partial charge is 0.456 e. The highest BCUT2D eigenvalue weighted by Gasteiger charge is 2.52. The molecular formula is C63H36N2O2. The van der Waals surface area contributed by atoms with Gasteiger partial charge >= 0.3 is 0 Å². The van der Waals surface area contributed by atoms with Gasteiger partial charge in [-0.25, -0.2) is 9.97 Å². The van der Waals surface area contributed by atoms with E-state index in [-0.39, 0.29) is 0 Å². The predicted molar refractivity (Wildman–Crippen MR) is 272 cm³/mol. The second-order valence-corrected chi connectivity index (χ2v) is 17.9. The highest BCUT2D eigenvalue weighted by molar-refractivity contribution is 6.13. The number of hydrogen-bond acceptors (Lipinski definition) is 4. The van der Waals surface area contributed by atoms with E-state index in [1.54, 1.807) is 0 Å². The summed E-state index contributed by atoms with van der Waals surface area (Å²) in [6.07, 6.45) is 0. The van der Waals surface area contributed by atoms with Gasteiger partial charge < -0.3 is 8.83 Å². The lowest BCUT2D eigenvalue weighted by Gasteiger charge is -2.30. The van der Waals surface area contributed by atoms with Crippen molar-refractivity contribution in [1.29, 1.82) is 0 Å². The molecule has 0 amide bonds. The number of para-hydroxylation sites is 3. The summed E-state index contributed by atoms with van der Waals surface area (Å²) in [6.45, 7) is 0. The van der Waals surface area contributed by atoms with Gasteiger partial charge in [0.05, 0.1) is 16.6 Å². The van der Waals surface area contributed by atoms with E-state index in [0.29, 0.717) is 5.82 Å². The number of furan rings is 2.